The molecule has 2 aliphatic rings. The van der Waals surface area contributed by atoms with Gasteiger partial charge >= 0.3 is 88.7 Å². The second-order valence-electron chi connectivity index (χ2n) is 8.37. The summed E-state index contributed by atoms with van der Waals surface area (Å²) in [5, 5.41) is 23.0. The molecule has 218 valence electrons. The van der Waals surface area contributed by atoms with E-state index in [2.05, 4.69) is 0 Å². The number of nitrogens with zero attached hydrogens (tertiary/aromatic N) is 3. The van der Waals surface area contributed by atoms with E-state index in [0.29, 0.717) is 16.5 Å². The number of rotatable bonds is 10. The van der Waals surface area contributed by atoms with E-state index in [1.54, 1.807) is 29.2 Å². The van der Waals surface area contributed by atoms with E-state index in [-0.39, 0.29) is 120 Å². The molecule has 1 aromatic heterocycles. The van der Waals surface area contributed by atoms with Gasteiger partial charge in [-0.25, -0.2) is 8.42 Å². The quantitative estimate of drug-likeness (QED) is 0.127. The van der Waals surface area contributed by atoms with Gasteiger partial charge in [-0.2, -0.15) is 0 Å². The van der Waals surface area contributed by atoms with Crippen molar-refractivity contribution in [1.82, 2.24) is 9.47 Å². The van der Waals surface area contributed by atoms with Gasteiger partial charge in [-0.15, -0.1) is 11.3 Å². The van der Waals surface area contributed by atoms with Crippen LogP contribution >= 0.6 is 47.1 Å². The van der Waals surface area contributed by atoms with Gasteiger partial charge in [-0.3, -0.25) is 19.1 Å². The van der Waals surface area contributed by atoms with Crippen LogP contribution in [-0.4, -0.2) is 70.6 Å². The van der Waals surface area contributed by atoms with Crippen molar-refractivity contribution < 1.29 is 131 Å². The zero-order valence-electron chi connectivity index (χ0n) is 23.9. The van der Waals surface area contributed by atoms with Crippen molar-refractivity contribution in [2.45, 2.75) is 17.9 Å². The summed E-state index contributed by atoms with van der Waals surface area (Å²) in [6, 6.07) is 5.28. The topological polar surface area (TPSA) is 192 Å². The molecule has 0 unspecified atom stereocenters. The summed E-state index contributed by atoms with van der Waals surface area (Å²) in [4.78, 5) is 51.8. The third-order valence-corrected chi connectivity index (χ3v) is 10.3. The maximum absolute atomic E-state index is 13.2. The van der Waals surface area contributed by atoms with Crippen LogP contribution in [0.1, 0.15) is 6.42 Å². The number of hydrogen-bond donors (Lipinski definition) is 0. The number of anilines is 1. The molecular formula is C23H18N3Na3O10S5. The first-order chi connectivity index (χ1) is 19.3. The third-order valence-electron chi connectivity index (χ3n) is 5.62. The standard InChI is InChI=1S/C23H21N3O10S5.3Na/c1-36-12-3-4-14-13(9-12)24(7-2-8-41(33,34)35)16(38-14)6-5-15-20(31)25(10-17(27)28)22(39-15)19-21(32)26(11-18(29)30)23(37)40-19;;;/h3-6,9H,2,7-8,10-11H2,1H3,(H,27,28)(H,29,30)(H,33,34,35);;;/q;3*+1/p-3/b15-5?,16-6?,22-19-;;;. The zero-order chi connectivity index (χ0) is 30.1. The van der Waals surface area contributed by atoms with E-state index >= 15 is 0 Å². The first-order valence-electron chi connectivity index (χ1n) is 11.5. The van der Waals surface area contributed by atoms with Crippen LogP contribution in [0.5, 0.6) is 5.75 Å². The molecule has 0 bridgehead atoms. The molecular weight excluding hydrogens is 708 g/mol. The van der Waals surface area contributed by atoms with Crippen molar-refractivity contribution in [3.05, 3.63) is 48.9 Å². The number of hydrogen-bond acceptors (Lipinski definition) is 15. The summed E-state index contributed by atoms with van der Waals surface area (Å²) >= 11 is 7.94. The number of methoxy groups -OCH3 is 1. The Morgan fingerprint density at radius 2 is 1.68 bits per heavy atom. The molecule has 44 heavy (non-hydrogen) atoms. The molecule has 13 nitrogen and oxygen atoms in total. The number of allylic oxidation sites excluding steroid dienone is 1. The van der Waals surface area contributed by atoms with Gasteiger partial charge in [0.25, 0.3) is 11.5 Å². The Hall–Kier alpha value is -0.160. The summed E-state index contributed by atoms with van der Waals surface area (Å²) in [6.07, 6.45) is 3.03. The number of carbonyl (C=O) groups excluding carboxylic acids is 3. The maximum atomic E-state index is 13.2. The number of aromatic nitrogens is 1. The fraction of sp³-hybridized carbons (Fsp3) is 0.261. The molecule has 1 amide bonds. The predicted molar refractivity (Wildman–Crippen MR) is 151 cm³/mol. The van der Waals surface area contributed by atoms with Gasteiger partial charge in [0.2, 0.25) is 0 Å². The van der Waals surface area contributed by atoms with Crippen molar-refractivity contribution in [2.24, 2.45) is 0 Å². The van der Waals surface area contributed by atoms with Crippen molar-refractivity contribution >= 4 is 96.0 Å². The van der Waals surface area contributed by atoms with Gasteiger partial charge in [-0.1, -0.05) is 35.7 Å². The molecule has 0 atom stereocenters. The van der Waals surface area contributed by atoms with E-state index in [9.17, 15) is 42.4 Å². The van der Waals surface area contributed by atoms with Gasteiger partial charge in [0.15, 0.2) is 0 Å². The van der Waals surface area contributed by atoms with Crippen molar-refractivity contribution in [1.29, 1.82) is 0 Å². The Morgan fingerprint density at radius 1 is 1.02 bits per heavy atom. The number of carbonyl (C=O) groups is 3. The average Bonchev–Trinajstić information content (AvgIpc) is 3.48. The Labute approximate surface area is 335 Å². The predicted octanol–water partition coefficient (Wildman–Crippen LogP) is -11.4. The van der Waals surface area contributed by atoms with Gasteiger partial charge in [0.1, 0.15) is 19.6 Å². The van der Waals surface area contributed by atoms with Gasteiger partial charge in [0.05, 0.1) is 57.5 Å². The summed E-state index contributed by atoms with van der Waals surface area (Å²) < 4.78 is 39.5. The number of thiazole rings is 1. The number of carboxylic acids is 2. The summed E-state index contributed by atoms with van der Waals surface area (Å²) in [7, 11) is -2.94. The van der Waals surface area contributed by atoms with E-state index in [1.807, 2.05) is 0 Å². The number of thioether (sulfide) groups is 2. The monoisotopic (exact) mass is 725 g/mol. The Kier molecular flexibility index (Phi) is 17.0. The van der Waals surface area contributed by atoms with Crippen LogP contribution in [0.25, 0.3) is 11.0 Å². The molecule has 0 radical (unpaired) electrons. The van der Waals surface area contributed by atoms with E-state index in [0.717, 1.165) is 37.5 Å². The van der Waals surface area contributed by atoms with Crippen LogP contribution in [0.15, 0.2) is 39.0 Å². The molecule has 2 aromatic rings. The van der Waals surface area contributed by atoms with Gasteiger partial charge < -0.3 is 34.0 Å². The average molecular weight is 726 g/mol. The molecule has 0 aliphatic carbocycles. The van der Waals surface area contributed by atoms with Crippen molar-refractivity contribution in [3.8, 4) is 5.75 Å². The molecule has 1 saturated heterocycles. The number of thiocarbonyl (C=S) groups is 1. The normalized spacial score (nSPS) is 16.8. The van der Waals surface area contributed by atoms with Crippen LogP contribution in [0.4, 0.5) is 5.69 Å². The maximum Gasteiger partial charge on any atom is 1.00 e. The Balaban J connectivity index is 0.00000323. The van der Waals surface area contributed by atoms with Crippen molar-refractivity contribution in [3.63, 3.8) is 0 Å². The molecule has 2 aliphatic heterocycles. The van der Waals surface area contributed by atoms with Crippen molar-refractivity contribution in [2.75, 3.05) is 30.9 Å². The van der Waals surface area contributed by atoms with Crippen LogP contribution in [-0.2, 0) is 31.0 Å². The number of aliphatic carboxylic acids is 2. The van der Waals surface area contributed by atoms with E-state index < -0.39 is 52.4 Å². The smallest absolute Gasteiger partial charge is 0.748 e. The summed E-state index contributed by atoms with van der Waals surface area (Å²) in [5.74, 6) is -3.97. The van der Waals surface area contributed by atoms with Crippen LogP contribution < -0.4 is 123 Å². The molecule has 3 heterocycles. The molecule has 0 spiro atoms. The number of benzene rings is 1. The molecule has 4 rings (SSSR count). The fourth-order valence-corrected chi connectivity index (χ4v) is 7.88. The third kappa shape index (κ3) is 10.2. The largest absolute Gasteiger partial charge is 1.00 e. The minimum absolute atomic E-state index is 0. The SMILES string of the molecule is COc1ccc2c(c1)N(CCCS(=O)(=O)[O-])C(=CC=c1s/c(=C3\SC(=S)N(CC(=O)[O-])C3=O)n(CC(=O)[O-])c1=O)S2.[Na+].[Na+].[Na+]. The molecule has 21 heteroatoms. The zero-order valence-corrected chi connectivity index (χ0v) is 34.0. The first-order valence-corrected chi connectivity index (χ1v) is 15.9. The summed E-state index contributed by atoms with van der Waals surface area (Å²) in [6.45, 7) is -1.51. The number of ether oxygens (including phenoxy) is 1. The van der Waals surface area contributed by atoms with E-state index in [4.69, 9.17) is 17.0 Å². The van der Waals surface area contributed by atoms with Crippen LogP contribution in [0, 0.1) is 0 Å². The van der Waals surface area contributed by atoms with Gasteiger partial charge in [0, 0.05) is 23.3 Å². The molecule has 1 fully saturated rings. The first kappa shape index (κ1) is 41.9. The Morgan fingerprint density at radius 3 is 2.27 bits per heavy atom. The van der Waals surface area contributed by atoms with Crippen LogP contribution in [0.2, 0.25) is 0 Å². The fourth-order valence-electron chi connectivity index (χ4n) is 3.88. The van der Waals surface area contributed by atoms with Gasteiger partial charge in [-0.05, 0) is 30.7 Å². The number of carboxylic acid groups (broad SMARTS) is 2. The van der Waals surface area contributed by atoms with E-state index in [1.165, 1.54) is 24.9 Å². The summed E-state index contributed by atoms with van der Waals surface area (Å²) in [5.41, 5.74) is -0.0361. The second-order valence-corrected chi connectivity index (χ2v) is 13.6. The second kappa shape index (κ2) is 17.8. The minimum Gasteiger partial charge on any atom is -0.748 e. The number of amides is 1. The number of fused-ring (bicyclic) bond motifs is 1. The molecule has 0 N–H and O–H groups in total. The molecule has 1 aromatic carbocycles. The molecule has 0 saturated carbocycles. The Bertz CT molecular complexity index is 1790. The van der Waals surface area contributed by atoms with Crippen LogP contribution in [0.3, 0.4) is 0 Å². The minimum atomic E-state index is -4.44.